The molecular weight excluding hydrogens is 444 g/mol. The third-order valence-electron chi connectivity index (χ3n) is 6.32. The Balaban J connectivity index is 1.17. The number of aromatic amines is 1. The largest absolute Gasteiger partial charge is 0.494 e. The van der Waals surface area contributed by atoms with Crippen LogP contribution in [0.25, 0.3) is 5.69 Å². The minimum Gasteiger partial charge on any atom is -0.494 e. The summed E-state index contributed by atoms with van der Waals surface area (Å²) < 4.78 is 6.85. The number of aromatic nitrogens is 5. The number of fused-ring (bicyclic) bond motifs is 1. The molecule has 33 heavy (non-hydrogen) atoms. The van der Waals surface area contributed by atoms with E-state index in [1.165, 1.54) is 17.1 Å². The molecule has 1 aliphatic heterocycles. The highest BCUT2D eigenvalue weighted by molar-refractivity contribution is 7.99. The third-order valence-corrected chi connectivity index (χ3v) is 7.43. The van der Waals surface area contributed by atoms with Crippen molar-refractivity contribution in [2.75, 3.05) is 18.8 Å². The standard InChI is InChI=1S/C22H26N6O4S/c29-19-16-3-1-2-4-17(16)20(30)28(19)15-5-6-18(23-11-15)32-22(31)27-9-7-14(8-10-27)12-33-21-24-13-25-26-21/h5-6,11,13-14,29-30H,1-4,7-10,12H2,(H,24,25,26). The summed E-state index contributed by atoms with van der Waals surface area (Å²) in [4.78, 5) is 22.6. The van der Waals surface area contributed by atoms with Crippen LogP contribution in [-0.4, -0.2) is 64.8 Å². The van der Waals surface area contributed by atoms with Gasteiger partial charge in [-0.15, -0.1) is 0 Å². The molecule has 0 unspecified atom stereocenters. The lowest BCUT2D eigenvalue weighted by molar-refractivity contribution is 0.132. The van der Waals surface area contributed by atoms with Gasteiger partial charge in [-0.3, -0.25) is 5.10 Å². The van der Waals surface area contributed by atoms with E-state index in [1.54, 1.807) is 28.8 Å². The molecule has 3 aromatic rings. The second-order valence-corrected chi connectivity index (χ2v) is 9.41. The first-order valence-electron chi connectivity index (χ1n) is 11.2. The van der Waals surface area contributed by atoms with Crippen LogP contribution >= 0.6 is 11.8 Å². The molecular formula is C22H26N6O4S. The highest BCUT2D eigenvalue weighted by Crippen LogP contribution is 2.40. The molecule has 10 nitrogen and oxygen atoms in total. The predicted molar refractivity (Wildman–Crippen MR) is 121 cm³/mol. The van der Waals surface area contributed by atoms with Gasteiger partial charge in [-0.1, -0.05) is 11.8 Å². The normalized spacial score (nSPS) is 16.5. The number of H-pyrrole nitrogens is 1. The first-order chi connectivity index (χ1) is 16.1. The van der Waals surface area contributed by atoms with Crippen molar-refractivity contribution in [3.05, 3.63) is 35.8 Å². The molecule has 5 rings (SSSR count). The molecule has 0 atom stereocenters. The monoisotopic (exact) mass is 470 g/mol. The van der Waals surface area contributed by atoms with Crippen molar-refractivity contribution in [1.29, 1.82) is 0 Å². The van der Waals surface area contributed by atoms with Crippen molar-refractivity contribution in [3.63, 3.8) is 0 Å². The molecule has 1 amide bonds. The quantitative estimate of drug-likeness (QED) is 0.485. The highest BCUT2D eigenvalue weighted by Gasteiger charge is 2.26. The maximum atomic E-state index is 12.6. The van der Waals surface area contributed by atoms with Crippen LogP contribution in [0.2, 0.25) is 0 Å². The zero-order valence-electron chi connectivity index (χ0n) is 18.1. The molecule has 0 bridgehead atoms. The summed E-state index contributed by atoms with van der Waals surface area (Å²) >= 11 is 1.64. The van der Waals surface area contributed by atoms with Crippen LogP contribution in [0.5, 0.6) is 17.6 Å². The second-order valence-electron chi connectivity index (χ2n) is 8.40. The van der Waals surface area contributed by atoms with Crippen molar-refractivity contribution in [2.45, 2.75) is 43.7 Å². The van der Waals surface area contributed by atoms with Gasteiger partial charge in [0.25, 0.3) is 0 Å². The van der Waals surface area contributed by atoms with E-state index < -0.39 is 6.09 Å². The number of amides is 1. The second kappa shape index (κ2) is 9.34. The highest BCUT2D eigenvalue weighted by atomic mass is 32.2. The molecule has 4 heterocycles. The zero-order chi connectivity index (χ0) is 22.8. The summed E-state index contributed by atoms with van der Waals surface area (Å²) in [5.41, 5.74) is 2.12. The van der Waals surface area contributed by atoms with Crippen LogP contribution in [0, 0.1) is 5.92 Å². The number of rotatable bonds is 5. The Morgan fingerprint density at radius 3 is 2.45 bits per heavy atom. The molecule has 3 aromatic heterocycles. The lowest BCUT2D eigenvalue weighted by Crippen LogP contribution is -2.40. The van der Waals surface area contributed by atoms with Gasteiger partial charge in [-0.05, 0) is 50.5 Å². The van der Waals surface area contributed by atoms with Crippen molar-refractivity contribution in [3.8, 4) is 23.3 Å². The van der Waals surface area contributed by atoms with Crippen LogP contribution in [0.4, 0.5) is 4.79 Å². The van der Waals surface area contributed by atoms with Crippen LogP contribution in [0.15, 0.2) is 29.8 Å². The Morgan fingerprint density at radius 2 is 1.85 bits per heavy atom. The van der Waals surface area contributed by atoms with Crippen LogP contribution in [0.3, 0.4) is 0 Å². The topological polar surface area (TPSA) is 129 Å². The van der Waals surface area contributed by atoms with Crippen molar-refractivity contribution < 1.29 is 19.7 Å². The van der Waals surface area contributed by atoms with Gasteiger partial charge >= 0.3 is 6.09 Å². The van der Waals surface area contributed by atoms with Gasteiger partial charge in [0.15, 0.2) is 5.16 Å². The zero-order valence-corrected chi connectivity index (χ0v) is 18.9. The van der Waals surface area contributed by atoms with Gasteiger partial charge in [0.2, 0.25) is 17.6 Å². The summed E-state index contributed by atoms with van der Waals surface area (Å²) in [6, 6.07) is 3.25. The van der Waals surface area contributed by atoms with Gasteiger partial charge in [0, 0.05) is 36.0 Å². The van der Waals surface area contributed by atoms with E-state index in [-0.39, 0.29) is 17.6 Å². The first kappa shape index (κ1) is 21.6. The van der Waals surface area contributed by atoms with Crippen LogP contribution in [-0.2, 0) is 12.8 Å². The SMILES string of the molecule is O=C(Oc1ccc(-n2c(O)c3c(c2O)CCCC3)cn1)N1CCC(CSc2ncn[nH]2)CC1. The van der Waals surface area contributed by atoms with Crippen LogP contribution < -0.4 is 4.74 Å². The number of likely N-dealkylation sites (tertiary alicyclic amines) is 1. The Morgan fingerprint density at radius 1 is 1.12 bits per heavy atom. The average molecular weight is 471 g/mol. The molecule has 1 saturated heterocycles. The molecule has 3 N–H and O–H groups in total. The summed E-state index contributed by atoms with van der Waals surface area (Å²) in [5, 5.41) is 28.7. The fourth-order valence-electron chi connectivity index (χ4n) is 4.48. The van der Waals surface area contributed by atoms with E-state index in [1.807, 2.05) is 0 Å². The molecule has 0 radical (unpaired) electrons. The van der Waals surface area contributed by atoms with Gasteiger partial charge in [0.05, 0.1) is 11.9 Å². The number of hydrogen-bond acceptors (Lipinski definition) is 8. The van der Waals surface area contributed by atoms with E-state index in [4.69, 9.17) is 4.74 Å². The Hall–Kier alpha value is -3.21. The van der Waals surface area contributed by atoms with Crippen molar-refractivity contribution >= 4 is 17.9 Å². The molecule has 11 heteroatoms. The lowest BCUT2D eigenvalue weighted by atomic mass is 9.95. The fraction of sp³-hybridized carbons (Fsp3) is 0.455. The van der Waals surface area contributed by atoms with Crippen molar-refractivity contribution in [1.82, 2.24) is 29.6 Å². The number of thioether (sulfide) groups is 1. The molecule has 174 valence electrons. The van der Waals surface area contributed by atoms with Crippen molar-refractivity contribution in [2.24, 2.45) is 5.92 Å². The van der Waals surface area contributed by atoms with E-state index in [0.29, 0.717) is 24.7 Å². The smallest absolute Gasteiger partial charge is 0.416 e. The summed E-state index contributed by atoms with van der Waals surface area (Å²) in [6.07, 6.45) is 7.86. The number of ether oxygens (including phenoxy) is 1. The average Bonchev–Trinajstić information content (AvgIpc) is 3.46. The van der Waals surface area contributed by atoms with E-state index in [0.717, 1.165) is 60.6 Å². The van der Waals surface area contributed by atoms with Gasteiger partial charge in [0.1, 0.15) is 6.33 Å². The minimum absolute atomic E-state index is 0.0538. The van der Waals surface area contributed by atoms with E-state index >= 15 is 0 Å². The number of piperidine rings is 1. The number of hydrogen-bond donors (Lipinski definition) is 3. The first-order valence-corrected chi connectivity index (χ1v) is 12.1. The molecule has 0 aromatic carbocycles. The number of nitrogens with zero attached hydrogens (tertiary/aromatic N) is 5. The summed E-state index contributed by atoms with van der Waals surface area (Å²) in [6.45, 7) is 1.27. The molecule has 0 spiro atoms. The maximum absolute atomic E-state index is 12.6. The molecule has 1 aliphatic carbocycles. The number of aromatic hydroxyl groups is 2. The predicted octanol–water partition coefficient (Wildman–Crippen LogP) is 3.28. The Labute approximate surface area is 195 Å². The Kier molecular flexibility index (Phi) is 6.12. The van der Waals surface area contributed by atoms with E-state index in [2.05, 4.69) is 20.2 Å². The summed E-state index contributed by atoms with van der Waals surface area (Å²) in [5.74, 6) is 1.73. The Bertz CT molecular complexity index is 1080. The maximum Gasteiger partial charge on any atom is 0.416 e. The van der Waals surface area contributed by atoms with Gasteiger partial charge in [-0.2, -0.15) is 5.10 Å². The molecule has 0 saturated carbocycles. The molecule has 2 aliphatic rings. The number of nitrogens with one attached hydrogen (secondary N) is 1. The number of carbonyl (C=O) groups is 1. The van der Waals surface area contributed by atoms with Gasteiger partial charge in [-0.25, -0.2) is 19.3 Å². The molecule has 1 fully saturated rings. The number of carbonyl (C=O) groups excluding carboxylic acids is 1. The summed E-state index contributed by atoms with van der Waals surface area (Å²) in [7, 11) is 0. The van der Waals surface area contributed by atoms with Gasteiger partial charge < -0.3 is 19.8 Å². The number of pyridine rings is 1. The third kappa shape index (κ3) is 4.50. The van der Waals surface area contributed by atoms with E-state index in [9.17, 15) is 15.0 Å². The fourth-order valence-corrected chi connectivity index (χ4v) is 5.44. The minimum atomic E-state index is -0.418. The lowest BCUT2D eigenvalue weighted by Gasteiger charge is -2.30. The van der Waals surface area contributed by atoms with Crippen LogP contribution in [0.1, 0.15) is 36.8 Å².